The molecule has 4 nitrogen and oxygen atoms in total. The van der Waals surface area contributed by atoms with Crippen LogP contribution in [-0.4, -0.2) is 17.9 Å². The molecule has 23 heavy (non-hydrogen) atoms. The number of primary amides is 1. The fraction of sp³-hybridized carbons (Fsp3) is 0.429. The van der Waals surface area contributed by atoms with Crippen LogP contribution in [0.15, 0.2) is 18.2 Å². The molecule has 1 rings (SSSR count). The molecule has 0 aliphatic heterocycles. The molecule has 128 valence electrons. The molecule has 1 aromatic carbocycles. The minimum absolute atomic E-state index is 0.427. The molecular weight excluding hydrogens is 323 g/mol. The van der Waals surface area contributed by atoms with Crippen molar-refractivity contribution in [1.82, 2.24) is 5.32 Å². The van der Waals surface area contributed by atoms with Crippen LogP contribution in [0, 0.1) is 0 Å². The van der Waals surface area contributed by atoms with Gasteiger partial charge >= 0.3 is 12.1 Å². The summed E-state index contributed by atoms with van der Waals surface area (Å²) >= 11 is 0. The van der Waals surface area contributed by atoms with Crippen LogP contribution in [0.2, 0.25) is 0 Å². The van der Waals surface area contributed by atoms with Crippen LogP contribution in [0.3, 0.4) is 0 Å². The Morgan fingerprint density at radius 2 is 1.74 bits per heavy atom. The van der Waals surface area contributed by atoms with Crippen molar-refractivity contribution in [3.63, 3.8) is 0 Å². The third-order valence-electron chi connectivity index (χ3n) is 2.84. The maximum Gasteiger partial charge on any atom is 0.416 e. The van der Waals surface area contributed by atoms with E-state index in [0.717, 1.165) is 12.1 Å². The fourth-order valence-corrected chi connectivity index (χ4v) is 2.01. The van der Waals surface area contributed by atoms with Gasteiger partial charge in [-0.25, -0.2) is 0 Å². The summed E-state index contributed by atoms with van der Waals surface area (Å²) in [5.41, 5.74) is 1.01. The Balaban J connectivity index is 3.57. The summed E-state index contributed by atoms with van der Waals surface area (Å²) in [6.45, 7) is 2.77. The van der Waals surface area contributed by atoms with Gasteiger partial charge in [-0.05, 0) is 25.5 Å². The van der Waals surface area contributed by atoms with Gasteiger partial charge in [0.15, 0.2) is 0 Å². The lowest BCUT2D eigenvalue weighted by Gasteiger charge is -2.24. The normalized spacial score (nSPS) is 12.3. The van der Waals surface area contributed by atoms with Gasteiger partial charge in [-0.3, -0.25) is 9.59 Å². The molecule has 2 amide bonds. The minimum Gasteiger partial charge on any atom is -0.369 e. The van der Waals surface area contributed by atoms with Crippen LogP contribution in [0.25, 0.3) is 0 Å². The van der Waals surface area contributed by atoms with Crippen molar-refractivity contribution in [2.45, 2.75) is 38.4 Å². The number of carbonyl (C=O) groups excluding carboxylic acids is 2. The first kappa shape index (κ1) is 18.9. The van der Waals surface area contributed by atoms with Crippen LogP contribution < -0.4 is 11.1 Å². The van der Waals surface area contributed by atoms with E-state index in [0.29, 0.717) is 6.07 Å². The van der Waals surface area contributed by atoms with E-state index >= 15 is 0 Å². The number of amides is 2. The number of hydrogen-bond acceptors (Lipinski definition) is 2. The molecule has 0 saturated carbocycles. The monoisotopic (exact) mass is 338 g/mol. The van der Waals surface area contributed by atoms with E-state index in [2.05, 4.69) is 0 Å². The van der Waals surface area contributed by atoms with Gasteiger partial charge in [0.25, 0.3) is 5.91 Å². The largest absolute Gasteiger partial charge is 0.416 e. The number of nitrogens with one attached hydrogen (secondary N) is 1. The van der Waals surface area contributed by atoms with E-state index in [-0.39, 0.29) is 0 Å². The van der Waals surface area contributed by atoms with Crippen molar-refractivity contribution in [3.8, 4) is 0 Å². The Bertz CT molecular complexity index is 612. The van der Waals surface area contributed by atoms with Gasteiger partial charge in [0.1, 0.15) is 0 Å². The topological polar surface area (TPSA) is 72.2 Å². The maximum absolute atomic E-state index is 14.3. The molecule has 9 heteroatoms. The number of carbonyl (C=O) groups is 2. The summed E-state index contributed by atoms with van der Waals surface area (Å²) in [7, 11) is 0. The lowest BCUT2D eigenvalue weighted by atomic mass is 9.92. The molecule has 0 unspecified atom stereocenters. The number of halogens is 5. The SMILES string of the molecule is CC(C)NC(=O)C(F)(F)c1c(CC(N)=O)cccc1C(F)(F)F. The molecule has 0 aliphatic rings. The third-order valence-corrected chi connectivity index (χ3v) is 2.84. The molecule has 3 N–H and O–H groups in total. The van der Waals surface area contributed by atoms with E-state index in [1.807, 2.05) is 5.32 Å². The fourth-order valence-electron chi connectivity index (χ4n) is 2.01. The van der Waals surface area contributed by atoms with E-state index in [1.54, 1.807) is 0 Å². The average Bonchev–Trinajstić information content (AvgIpc) is 2.35. The molecule has 0 heterocycles. The first-order valence-corrected chi connectivity index (χ1v) is 6.54. The lowest BCUT2D eigenvalue weighted by molar-refractivity contribution is -0.153. The van der Waals surface area contributed by atoms with E-state index in [1.165, 1.54) is 13.8 Å². The van der Waals surface area contributed by atoms with Gasteiger partial charge in [-0.1, -0.05) is 12.1 Å². The highest BCUT2D eigenvalue weighted by atomic mass is 19.4. The van der Waals surface area contributed by atoms with E-state index in [4.69, 9.17) is 5.73 Å². The van der Waals surface area contributed by atoms with Gasteiger partial charge in [0, 0.05) is 11.6 Å². The van der Waals surface area contributed by atoms with Crippen LogP contribution in [-0.2, 0) is 28.1 Å². The number of nitrogens with two attached hydrogens (primary N) is 1. The Kier molecular flexibility index (Phi) is 5.34. The predicted molar refractivity (Wildman–Crippen MR) is 71.5 cm³/mol. The van der Waals surface area contributed by atoms with Crippen LogP contribution in [0.4, 0.5) is 22.0 Å². The summed E-state index contributed by atoms with van der Waals surface area (Å²) in [6, 6.07) is 1.51. The molecule has 1 aromatic rings. The molecule has 0 spiro atoms. The third kappa shape index (κ3) is 4.40. The van der Waals surface area contributed by atoms with Crippen molar-refractivity contribution in [1.29, 1.82) is 0 Å². The first-order valence-electron chi connectivity index (χ1n) is 6.54. The van der Waals surface area contributed by atoms with Gasteiger partial charge in [0.05, 0.1) is 12.0 Å². The van der Waals surface area contributed by atoms with E-state index < -0.39 is 53.1 Å². The highest BCUT2D eigenvalue weighted by Gasteiger charge is 2.49. The number of rotatable bonds is 5. The second-order valence-corrected chi connectivity index (χ2v) is 5.18. The Morgan fingerprint density at radius 1 is 1.17 bits per heavy atom. The quantitative estimate of drug-likeness (QED) is 0.809. The summed E-state index contributed by atoms with van der Waals surface area (Å²) in [5, 5.41) is 1.87. The number of benzene rings is 1. The summed E-state index contributed by atoms with van der Waals surface area (Å²) in [6.07, 6.45) is -5.96. The summed E-state index contributed by atoms with van der Waals surface area (Å²) < 4.78 is 67.8. The number of hydrogen-bond donors (Lipinski definition) is 2. The van der Waals surface area contributed by atoms with E-state index in [9.17, 15) is 31.5 Å². The van der Waals surface area contributed by atoms with Crippen LogP contribution >= 0.6 is 0 Å². The molecule has 0 aromatic heterocycles. The van der Waals surface area contributed by atoms with Crippen molar-refractivity contribution in [2.24, 2.45) is 5.73 Å². The Morgan fingerprint density at radius 3 is 2.17 bits per heavy atom. The van der Waals surface area contributed by atoms with Crippen LogP contribution in [0.5, 0.6) is 0 Å². The van der Waals surface area contributed by atoms with Crippen LogP contribution in [0.1, 0.15) is 30.5 Å². The van der Waals surface area contributed by atoms with Gasteiger partial charge in [-0.2, -0.15) is 22.0 Å². The summed E-state index contributed by atoms with van der Waals surface area (Å²) in [5.74, 6) is -7.44. The zero-order valence-corrected chi connectivity index (χ0v) is 12.3. The van der Waals surface area contributed by atoms with Gasteiger partial charge < -0.3 is 11.1 Å². The average molecular weight is 338 g/mol. The van der Waals surface area contributed by atoms with Crippen molar-refractivity contribution >= 4 is 11.8 Å². The molecule has 0 aliphatic carbocycles. The zero-order valence-electron chi connectivity index (χ0n) is 12.3. The molecule has 0 saturated heterocycles. The highest BCUT2D eigenvalue weighted by molar-refractivity contribution is 5.87. The maximum atomic E-state index is 14.3. The molecule has 0 radical (unpaired) electrons. The smallest absolute Gasteiger partial charge is 0.369 e. The molecule has 0 fully saturated rings. The van der Waals surface area contributed by atoms with Crippen molar-refractivity contribution in [3.05, 3.63) is 34.9 Å². The second kappa shape index (κ2) is 6.51. The van der Waals surface area contributed by atoms with Gasteiger partial charge in [0.2, 0.25) is 5.91 Å². The standard InChI is InChI=1S/C14H15F5N2O2/c1-7(2)21-12(23)13(15,16)11-8(6-10(20)22)4-3-5-9(11)14(17,18)19/h3-5,7H,6H2,1-2H3,(H2,20,22)(H,21,23). The van der Waals surface area contributed by atoms with Crippen molar-refractivity contribution < 1.29 is 31.5 Å². The van der Waals surface area contributed by atoms with Gasteiger partial charge in [-0.15, -0.1) is 0 Å². The van der Waals surface area contributed by atoms with Crippen molar-refractivity contribution in [2.75, 3.05) is 0 Å². The predicted octanol–water partition coefficient (Wildman–Crippen LogP) is 2.35. The zero-order chi connectivity index (χ0) is 18.0. The minimum atomic E-state index is -5.12. The number of alkyl halides is 5. The Labute approximate surface area is 128 Å². The summed E-state index contributed by atoms with van der Waals surface area (Å²) in [4.78, 5) is 22.6. The highest BCUT2D eigenvalue weighted by Crippen LogP contribution is 2.41. The second-order valence-electron chi connectivity index (χ2n) is 5.18. The Hall–Kier alpha value is -2.19. The first-order chi connectivity index (χ1) is 10.4. The molecule has 0 atom stereocenters. The lowest BCUT2D eigenvalue weighted by Crippen LogP contribution is -2.43. The molecule has 0 bridgehead atoms. The molecular formula is C14H15F5N2O2.